The van der Waals surface area contributed by atoms with Crippen LogP contribution in [0.1, 0.15) is 31.8 Å². The number of rotatable bonds is 4. The number of aryl methyl sites for hydroxylation is 1. The first-order chi connectivity index (χ1) is 15.9. The molecule has 0 radical (unpaired) electrons. The van der Waals surface area contributed by atoms with E-state index in [2.05, 4.69) is 4.98 Å². The molecule has 1 aliphatic rings. The molecule has 0 spiro atoms. The molecule has 0 unspecified atom stereocenters. The number of carbonyl (C=O) groups excluding carboxylic acids is 2. The highest BCUT2D eigenvalue weighted by Crippen LogP contribution is 2.33. The van der Waals surface area contributed by atoms with E-state index < -0.39 is 0 Å². The minimum atomic E-state index is -0.326. The first-order valence-corrected chi connectivity index (χ1v) is 10.8. The number of fused-ring (bicyclic) bond motifs is 1. The third kappa shape index (κ3) is 3.81. The van der Waals surface area contributed by atoms with Gasteiger partial charge in [0.25, 0.3) is 11.8 Å². The van der Waals surface area contributed by atoms with Crippen LogP contribution in [-0.4, -0.2) is 21.7 Å². The minimum absolute atomic E-state index is 0.0858. The standard InChI is InChI=1S/C27H18ClFN2O2/c1-16-6-7-19(13-24(16)29)25-23(18-8-10-20(28)11-9-18)12-17(14-30-25)15-31-26(32)21-4-2-3-5-22(21)27(31)33/h2-14H,15H2,1H3. The number of amides is 2. The monoisotopic (exact) mass is 456 g/mol. The fourth-order valence-corrected chi connectivity index (χ4v) is 4.11. The third-order valence-corrected chi connectivity index (χ3v) is 6.02. The van der Waals surface area contributed by atoms with Crippen molar-refractivity contribution in [1.82, 2.24) is 9.88 Å². The highest BCUT2D eigenvalue weighted by molar-refractivity contribution is 6.30. The molecule has 3 aromatic carbocycles. The lowest BCUT2D eigenvalue weighted by atomic mass is 9.97. The van der Waals surface area contributed by atoms with Crippen LogP contribution in [0.25, 0.3) is 22.4 Å². The maximum absolute atomic E-state index is 14.3. The largest absolute Gasteiger partial charge is 0.270 e. The molecule has 4 nitrogen and oxygen atoms in total. The van der Waals surface area contributed by atoms with Crippen LogP contribution in [0.5, 0.6) is 0 Å². The highest BCUT2D eigenvalue weighted by atomic mass is 35.5. The minimum Gasteiger partial charge on any atom is -0.270 e. The Hall–Kier alpha value is -3.83. The van der Waals surface area contributed by atoms with Gasteiger partial charge in [0, 0.05) is 22.3 Å². The van der Waals surface area contributed by atoms with Crippen molar-refractivity contribution >= 4 is 23.4 Å². The summed E-state index contributed by atoms with van der Waals surface area (Å²) >= 11 is 6.07. The molecule has 0 aliphatic carbocycles. The summed E-state index contributed by atoms with van der Waals surface area (Å²) in [6.07, 6.45) is 1.62. The van der Waals surface area contributed by atoms with Gasteiger partial charge < -0.3 is 0 Å². The normalized spacial score (nSPS) is 12.9. The molecule has 0 fully saturated rings. The van der Waals surface area contributed by atoms with Gasteiger partial charge in [-0.25, -0.2) is 4.39 Å². The molecule has 2 amide bonds. The highest BCUT2D eigenvalue weighted by Gasteiger charge is 2.35. The molecule has 0 atom stereocenters. The molecule has 5 rings (SSSR count). The van der Waals surface area contributed by atoms with Gasteiger partial charge in [0.05, 0.1) is 23.4 Å². The number of halogens is 2. The molecular formula is C27H18ClFN2O2. The van der Waals surface area contributed by atoms with Crippen molar-refractivity contribution in [3.05, 3.63) is 112 Å². The number of pyridine rings is 1. The van der Waals surface area contributed by atoms with Crippen molar-refractivity contribution in [2.24, 2.45) is 0 Å². The molecule has 4 aromatic rings. The van der Waals surface area contributed by atoms with Crippen LogP contribution in [0.15, 0.2) is 79.0 Å². The smallest absolute Gasteiger partial charge is 0.261 e. The average molecular weight is 457 g/mol. The van der Waals surface area contributed by atoms with Crippen molar-refractivity contribution in [3.8, 4) is 22.4 Å². The summed E-state index contributed by atoms with van der Waals surface area (Å²) in [5.41, 5.74) is 4.87. The van der Waals surface area contributed by atoms with E-state index in [0.717, 1.165) is 11.1 Å². The Morgan fingerprint density at radius 3 is 2.12 bits per heavy atom. The Morgan fingerprint density at radius 1 is 0.848 bits per heavy atom. The Morgan fingerprint density at radius 2 is 1.48 bits per heavy atom. The number of nitrogens with zero attached hydrogens (tertiary/aromatic N) is 2. The summed E-state index contributed by atoms with van der Waals surface area (Å²) in [6, 6.07) is 20.9. The van der Waals surface area contributed by atoms with Crippen molar-refractivity contribution in [2.45, 2.75) is 13.5 Å². The van der Waals surface area contributed by atoms with E-state index in [1.807, 2.05) is 24.3 Å². The summed E-state index contributed by atoms with van der Waals surface area (Å²) in [5.74, 6) is -0.965. The van der Waals surface area contributed by atoms with Crippen LogP contribution in [0.4, 0.5) is 4.39 Å². The predicted octanol–water partition coefficient (Wildman–Crippen LogP) is 6.31. The van der Waals surface area contributed by atoms with E-state index in [-0.39, 0.29) is 24.2 Å². The quantitative estimate of drug-likeness (QED) is 0.338. The number of aromatic nitrogens is 1. The van der Waals surface area contributed by atoms with Crippen LogP contribution < -0.4 is 0 Å². The van der Waals surface area contributed by atoms with Gasteiger partial charge in [-0.3, -0.25) is 19.5 Å². The molecule has 162 valence electrons. The Labute approximate surface area is 195 Å². The van der Waals surface area contributed by atoms with Crippen LogP contribution in [-0.2, 0) is 6.54 Å². The summed E-state index contributed by atoms with van der Waals surface area (Å²) in [6.45, 7) is 1.79. The lowest BCUT2D eigenvalue weighted by molar-refractivity contribution is 0.0642. The molecule has 6 heteroatoms. The molecular weight excluding hydrogens is 439 g/mol. The molecule has 2 heterocycles. The van der Waals surface area contributed by atoms with E-state index in [9.17, 15) is 14.0 Å². The van der Waals surface area contributed by atoms with Crippen molar-refractivity contribution < 1.29 is 14.0 Å². The summed E-state index contributed by atoms with van der Waals surface area (Å²) in [4.78, 5) is 31.4. The fraction of sp³-hybridized carbons (Fsp3) is 0.0741. The number of hydrogen-bond donors (Lipinski definition) is 0. The van der Waals surface area contributed by atoms with E-state index in [0.29, 0.717) is 38.5 Å². The molecule has 0 bridgehead atoms. The second-order valence-electron chi connectivity index (χ2n) is 7.95. The number of hydrogen-bond acceptors (Lipinski definition) is 3. The Bertz CT molecular complexity index is 1380. The molecule has 1 aliphatic heterocycles. The van der Waals surface area contributed by atoms with Crippen LogP contribution >= 0.6 is 11.6 Å². The van der Waals surface area contributed by atoms with Gasteiger partial charge in [0.1, 0.15) is 5.82 Å². The first-order valence-electron chi connectivity index (χ1n) is 10.4. The topological polar surface area (TPSA) is 50.3 Å². The van der Waals surface area contributed by atoms with Crippen LogP contribution in [0, 0.1) is 12.7 Å². The maximum atomic E-state index is 14.3. The van der Waals surface area contributed by atoms with Gasteiger partial charge in [-0.1, -0.05) is 48.0 Å². The van der Waals surface area contributed by atoms with Crippen molar-refractivity contribution in [3.63, 3.8) is 0 Å². The second-order valence-corrected chi connectivity index (χ2v) is 8.39. The van der Waals surface area contributed by atoms with Gasteiger partial charge >= 0.3 is 0 Å². The molecule has 1 aromatic heterocycles. The Balaban J connectivity index is 1.57. The lowest BCUT2D eigenvalue weighted by Gasteiger charge is -2.16. The van der Waals surface area contributed by atoms with Gasteiger partial charge in [0.15, 0.2) is 0 Å². The summed E-state index contributed by atoms with van der Waals surface area (Å²) in [7, 11) is 0. The van der Waals surface area contributed by atoms with Crippen molar-refractivity contribution in [1.29, 1.82) is 0 Å². The zero-order chi connectivity index (χ0) is 23.1. The first kappa shape index (κ1) is 21.0. The van der Waals surface area contributed by atoms with Gasteiger partial charge in [-0.2, -0.15) is 0 Å². The van der Waals surface area contributed by atoms with Gasteiger partial charge in [-0.05, 0) is 60.0 Å². The van der Waals surface area contributed by atoms with E-state index in [1.165, 1.54) is 11.0 Å². The maximum Gasteiger partial charge on any atom is 0.261 e. The molecule has 0 N–H and O–H groups in total. The Kier molecular flexibility index (Phi) is 5.27. The van der Waals surface area contributed by atoms with Crippen LogP contribution in [0.3, 0.4) is 0 Å². The summed E-state index contributed by atoms with van der Waals surface area (Å²) in [5, 5.41) is 0.594. The molecule has 0 saturated heterocycles. The van der Waals surface area contributed by atoms with E-state index in [1.54, 1.807) is 55.6 Å². The number of imide groups is 1. The zero-order valence-corrected chi connectivity index (χ0v) is 18.4. The molecule has 0 saturated carbocycles. The van der Waals surface area contributed by atoms with E-state index >= 15 is 0 Å². The van der Waals surface area contributed by atoms with Gasteiger partial charge in [-0.15, -0.1) is 0 Å². The van der Waals surface area contributed by atoms with Crippen molar-refractivity contribution in [2.75, 3.05) is 0 Å². The lowest BCUT2D eigenvalue weighted by Crippen LogP contribution is -2.29. The SMILES string of the molecule is Cc1ccc(-c2ncc(CN3C(=O)c4ccccc4C3=O)cc2-c2ccc(Cl)cc2)cc1F. The number of carbonyl (C=O) groups is 2. The second kappa shape index (κ2) is 8.26. The summed E-state index contributed by atoms with van der Waals surface area (Å²) < 4.78 is 14.3. The zero-order valence-electron chi connectivity index (χ0n) is 17.7. The van der Waals surface area contributed by atoms with Crippen LogP contribution in [0.2, 0.25) is 5.02 Å². The number of benzene rings is 3. The molecule has 33 heavy (non-hydrogen) atoms. The van der Waals surface area contributed by atoms with E-state index in [4.69, 9.17) is 11.6 Å². The fourth-order valence-electron chi connectivity index (χ4n) is 3.98. The third-order valence-electron chi connectivity index (χ3n) is 5.76. The average Bonchev–Trinajstić information content (AvgIpc) is 3.06. The van der Waals surface area contributed by atoms with Gasteiger partial charge in [0.2, 0.25) is 0 Å². The predicted molar refractivity (Wildman–Crippen MR) is 125 cm³/mol.